The summed E-state index contributed by atoms with van der Waals surface area (Å²) in [5, 5.41) is 0. The van der Waals surface area contributed by atoms with Gasteiger partial charge in [0.05, 0.1) is 0 Å². The molecule has 3 nitrogen and oxygen atoms in total. The molecular formula is C5H5ClN2OSe. The summed E-state index contributed by atoms with van der Waals surface area (Å²) in [5.74, 6) is -0.0398. The Labute approximate surface area is 68.9 Å². The van der Waals surface area contributed by atoms with Crippen molar-refractivity contribution in [3.05, 3.63) is 10.6 Å². The summed E-state index contributed by atoms with van der Waals surface area (Å²) in [7, 11) is 0. The molecule has 0 aliphatic carbocycles. The SMILES string of the molecule is Nc1ncc(C(=O)CCl)[se]1. The number of nitrogen functional groups attached to an aromatic ring is 1. The first-order valence-corrected chi connectivity index (χ1v) is 4.79. The molecule has 0 aromatic carbocycles. The molecule has 1 aromatic heterocycles. The molecule has 0 unspecified atom stereocenters. The van der Waals surface area contributed by atoms with Crippen molar-refractivity contribution in [1.82, 2.24) is 4.98 Å². The minimum atomic E-state index is -0.0774. The molecule has 1 rings (SSSR count). The average Bonchev–Trinajstić information content (AvgIpc) is 2.34. The number of carbonyl (C=O) groups is 1. The third-order valence-electron chi connectivity index (χ3n) is 0.920. The van der Waals surface area contributed by atoms with Crippen molar-refractivity contribution >= 4 is 36.6 Å². The Morgan fingerprint density at radius 1 is 1.90 bits per heavy atom. The van der Waals surface area contributed by atoms with Gasteiger partial charge in [0.25, 0.3) is 0 Å². The molecule has 0 bridgehead atoms. The Kier molecular flexibility index (Phi) is 2.49. The van der Waals surface area contributed by atoms with Gasteiger partial charge in [-0.05, 0) is 0 Å². The van der Waals surface area contributed by atoms with Gasteiger partial charge < -0.3 is 0 Å². The second-order valence-electron chi connectivity index (χ2n) is 1.62. The molecule has 0 radical (unpaired) electrons. The van der Waals surface area contributed by atoms with Crippen LogP contribution in [0, 0.1) is 0 Å². The van der Waals surface area contributed by atoms with Crippen molar-refractivity contribution in [1.29, 1.82) is 0 Å². The zero-order valence-corrected chi connectivity index (χ0v) is 7.47. The molecule has 1 heterocycles. The van der Waals surface area contributed by atoms with Crippen LogP contribution in [0.2, 0.25) is 0 Å². The Hall–Kier alpha value is -0.311. The molecule has 0 saturated heterocycles. The predicted molar refractivity (Wildman–Crippen MR) is 40.6 cm³/mol. The molecule has 0 aliphatic rings. The van der Waals surface area contributed by atoms with Gasteiger partial charge in [0.2, 0.25) is 0 Å². The van der Waals surface area contributed by atoms with E-state index in [1.165, 1.54) is 6.20 Å². The van der Waals surface area contributed by atoms with Gasteiger partial charge in [0, 0.05) is 0 Å². The number of aromatic nitrogens is 1. The van der Waals surface area contributed by atoms with E-state index in [1.54, 1.807) is 0 Å². The second kappa shape index (κ2) is 3.19. The van der Waals surface area contributed by atoms with E-state index in [9.17, 15) is 4.79 Å². The third kappa shape index (κ3) is 1.59. The van der Waals surface area contributed by atoms with Crippen LogP contribution in [-0.2, 0) is 0 Å². The van der Waals surface area contributed by atoms with E-state index in [1.807, 2.05) is 0 Å². The quantitative estimate of drug-likeness (QED) is 0.441. The van der Waals surface area contributed by atoms with Crippen LogP contribution in [0.1, 0.15) is 9.23 Å². The molecule has 0 saturated carbocycles. The van der Waals surface area contributed by atoms with Gasteiger partial charge in [-0.25, -0.2) is 0 Å². The number of rotatable bonds is 2. The number of halogens is 1. The number of alkyl halides is 1. The molecule has 10 heavy (non-hydrogen) atoms. The number of anilines is 1. The van der Waals surface area contributed by atoms with Crippen molar-refractivity contribution in [2.45, 2.75) is 0 Å². The third-order valence-corrected chi connectivity index (χ3v) is 2.98. The van der Waals surface area contributed by atoms with E-state index in [2.05, 4.69) is 4.98 Å². The molecule has 0 amide bonds. The number of nitrogens with zero attached hydrogens (tertiary/aromatic N) is 1. The summed E-state index contributed by atoms with van der Waals surface area (Å²) < 4.78 is 1.21. The Bertz CT molecular complexity index is 248. The van der Waals surface area contributed by atoms with Crippen LogP contribution in [0.15, 0.2) is 6.20 Å². The summed E-state index contributed by atoms with van der Waals surface area (Å²) in [4.78, 5) is 14.6. The van der Waals surface area contributed by atoms with E-state index in [0.29, 0.717) is 9.13 Å². The molecule has 2 N–H and O–H groups in total. The van der Waals surface area contributed by atoms with Gasteiger partial charge in [-0.3, -0.25) is 0 Å². The zero-order valence-electron chi connectivity index (χ0n) is 5.00. The fourth-order valence-electron chi connectivity index (χ4n) is 0.482. The first kappa shape index (κ1) is 7.79. The van der Waals surface area contributed by atoms with E-state index < -0.39 is 0 Å². The zero-order chi connectivity index (χ0) is 7.56. The fraction of sp³-hybridized carbons (Fsp3) is 0.200. The Balaban J connectivity index is 2.85. The molecule has 0 aliphatic heterocycles. The molecule has 54 valence electrons. The van der Waals surface area contributed by atoms with E-state index in [-0.39, 0.29) is 26.2 Å². The number of Topliss-reactive ketones (excluding diaryl/α,β-unsaturated/α-hetero) is 1. The van der Waals surface area contributed by atoms with Crippen molar-refractivity contribution in [2.75, 3.05) is 11.6 Å². The van der Waals surface area contributed by atoms with Crippen molar-refractivity contribution in [3.63, 3.8) is 0 Å². The van der Waals surface area contributed by atoms with Crippen molar-refractivity contribution in [2.24, 2.45) is 0 Å². The summed E-state index contributed by atoms with van der Waals surface area (Å²) in [6.07, 6.45) is 1.50. The number of hydrogen-bond donors (Lipinski definition) is 1. The van der Waals surface area contributed by atoms with Crippen LogP contribution in [0.3, 0.4) is 0 Å². The predicted octanol–water partition coefficient (Wildman–Crippen LogP) is 0.142. The maximum absolute atomic E-state index is 10.8. The fourth-order valence-corrected chi connectivity index (χ4v) is 2.11. The number of ketones is 1. The standard InChI is InChI=1S/C5H5ClN2OSe/c6-1-3(9)4-2-8-5(7)10-4/h2H,1H2,(H2,7,8). The first-order valence-electron chi connectivity index (χ1n) is 2.54. The van der Waals surface area contributed by atoms with Crippen LogP contribution in [-0.4, -0.2) is 31.2 Å². The van der Waals surface area contributed by atoms with Gasteiger partial charge in [0.1, 0.15) is 0 Å². The van der Waals surface area contributed by atoms with Crippen LogP contribution >= 0.6 is 11.6 Å². The van der Waals surface area contributed by atoms with Crippen molar-refractivity contribution < 1.29 is 4.79 Å². The number of hydrogen-bond acceptors (Lipinski definition) is 3. The average molecular weight is 224 g/mol. The van der Waals surface area contributed by atoms with E-state index in [0.717, 1.165) is 0 Å². The van der Waals surface area contributed by atoms with Crippen LogP contribution in [0.5, 0.6) is 0 Å². The van der Waals surface area contributed by atoms with Gasteiger partial charge in [-0.15, -0.1) is 0 Å². The molecule has 0 spiro atoms. The second-order valence-corrected chi connectivity index (χ2v) is 4.12. The van der Waals surface area contributed by atoms with Crippen LogP contribution in [0.25, 0.3) is 0 Å². The van der Waals surface area contributed by atoms with Gasteiger partial charge in [-0.2, -0.15) is 0 Å². The number of carbonyl (C=O) groups excluding carboxylic acids is 1. The van der Waals surface area contributed by atoms with Gasteiger partial charge >= 0.3 is 68.6 Å². The monoisotopic (exact) mass is 224 g/mol. The number of nitrogens with two attached hydrogens (primary N) is 1. The maximum atomic E-state index is 10.8. The Morgan fingerprint density at radius 3 is 3.00 bits per heavy atom. The summed E-state index contributed by atoms with van der Waals surface area (Å²) in [6.45, 7) is 0. The summed E-state index contributed by atoms with van der Waals surface area (Å²) >= 11 is 5.23. The van der Waals surface area contributed by atoms with E-state index >= 15 is 0 Å². The topological polar surface area (TPSA) is 56.0 Å². The molecular weight excluding hydrogens is 218 g/mol. The van der Waals surface area contributed by atoms with Crippen LogP contribution in [0.4, 0.5) is 4.69 Å². The van der Waals surface area contributed by atoms with Gasteiger partial charge in [0.15, 0.2) is 0 Å². The van der Waals surface area contributed by atoms with Gasteiger partial charge in [-0.1, -0.05) is 0 Å². The van der Waals surface area contributed by atoms with E-state index in [4.69, 9.17) is 17.3 Å². The first-order chi connectivity index (χ1) is 4.74. The van der Waals surface area contributed by atoms with Crippen molar-refractivity contribution in [3.8, 4) is 0 Å². The molecule has 0 atom stereocenters. The van der Waals surface area contributed by atoms with Crippen LogP contribution < -0.4 is 5.73 Å². The normalized spacial score (nSPS) is 9.70. The molecule has 0 fully saturated rings. The minimum absolute atomic E-state index is 0.0242. The summed E-state index contributed by atoms with van der Waals surface area (Å²) in [5.41, 5.74) is 5.35. The summed E-state index contributed by atoms with van der Waals surface area (Å²) in [6, 6.07) is 0. The Morgan fingerprint density at radius 2 is 2.60 bits per heavy atom. The molecule has 5 heteroatoms. The molecule has 1 aromatic rings.